The Morgan fingerprint density at radius 1 is 0.639 bits per heavy atom. The quantitative estimate of drug-likeness (QED) is 0.287. The van der Waals surface area contributed by atoms with Crippen molar-refractivity contribution in [1.29, 1.82) is 0 Å². The van der Waals surface area contributed by atoms with Crippen molar-refractivity contribution in [3.63, 3.8) is 0 Å². The predicted molar refractivity (Wildman–Crippen MR) is 152 cm³/mol. The molecule has 36 heavy (non-hydrogen) atoms. The van der Waals surface area contributed by atoms with Crippen molar-refractivity contribution >= 4 is 0 Å². The van der Waals surface area contributed by atoms with E-state index in [1.165, 1.54) is 38.9 Å². The second kappa shape index (κ2) is 9.82. The van der Waals surface area contributed by atoms with E-state index in [4.69, 9.17) is 0 Å². The van der Waals surface area contributed by atoms with Gasteiger partial charge in [-0.05, 0) is 82.2 Å². The van der Waals surface area contributed by atoms with Gasteiger partial charge < -0.3 is 5.11 Å². The third kappa shape index (κ3) is 5.02. The zero-order valence-corrected chi connectivity index (χ0v) is 21.7. The van der Waals surface area contributed by atoms with Crippen LogP contribution in [-0.2, 0) is 17.3 Å². The normalized spacial score (nSPS) is 17.8. The van der Waals surface area contributed by atoms with Crippen molar-refractivity contribution < 1.29 is 5.11 Å². The third-order valence-corrected chi connectivity index (χ3v) is 7.74. The first kappa shape index (κ1) is 24.1. The van der Waals surface area contributed by atoms with Crippen LogP contribution in [0, 0.1) is 0 Å². The molecule has 1 aliphatic rings. The second-order valence-electron chi connectivity index (χ2n) is 11.2. The summed E-state index contributed by atoms with van der Waals surface area (Å²) < 4.78 is 0. The molecule has 0 amide bonds. The Kier molecular flexibility index (Phi) is 6.58. The Hall–Kier alpha value is -3.58. The molecule has 0 saturated carbocycles. The largest absolute Gasteiger partial charge is 0.508 e. The van der Waals surface area contributed by atoms with E-state index in [0.29, 0.717) is 5.75 Å². The van der Waals surface area contributed by atoms with Gasteiger partial charge in [-0.1, -0.05) is 118 Å². The number of hydrogen-bond acceptors (Lipinski definition) is 1. The lowest BCUT2D eigenvalue weighted by Gasteiger charge is -2.36. The molecule has 1 heteroatoms. The van der Waals surface area contributed by atoms with E-state index in [0.717, 1.165) is 25.7 Å². The van der Waals surface area contributed by atoms with Gasteiger partial charge in [0.05, 0.1) is 0 Å². The van der Waals surface area contributed by atoms with Crippen molar-refractivity contribution in [2.45, 2.75) is 57.3 Å². The summed E-state index contributed by atoms with van der Waals surface area (Å²) in [6.45, 7) is 6.76. The Bertz CT molecular complexity index is 1320. The van der Waals surface area contributed by atoms with E-state index in [2.05, 4.69) is 118 Å². The summed E-state index contributed by atoms with van der Waals surface area (Å²) in [6, 6.07) is 34.9. The highest BCUT2D eigenvalue weighted by molar-refractivity contribution is 5.64. The minimum absolute atomic E-state index is 0.0227. The van der Waals surface area contributed by atoms with Gasteiger partial charge in [0.2, 0.25) is 0 Å². The van der Waals surface area contributed by atoms with Crippen molar-refractivity contribution in [1.82, 2.24) is 0 Å². The molecule has 1 nitrogen and oxygen atoms in total. The Morgan fingerprint density at radius 3 is 1.64 bits per heavy atom. The number of hydrogen-bond donors (Lipinski definition) is 1. The predicted octanol–water partition coefficient (Wildman–Crippen LogP) is 8.97. The molecule has 1 N–H and O–H groups in total. The first-order valence-electron chi connectivity index (χ1n) is 13.1. The first-order valence-corrected chi connectivity index (χ1v) is 13.1. The molecule has 1 aliphatic carbocycles. The van der Waals surface area contributed by atoms with Gasteiger partial charge >= 0.3 is 0 Å². The summed E-state index contributed by atoms with van der Waals surface area (Å²) in [5.41, 5.74) is 9.33. The van der Waals surface area contributed by atoms with Crippen LogP contribution in [0.1, 0.15) is 67.9 Å². The van der Waals surface area contributed by atoms with Crippen LogP contribution in [0.2, 0.25) is 0 Å². The van der Waals surface area contributed by atoms with Gasteiger partial charge in [-0.2, -0.15) is 0 Å². The molecule has 0 aliphatic heterocycles. The van der Waals surface area contributed by atoms with Gasteiger partial charge in [0.25, 0.3) is 0 Å². The summed E-state index contributed by atoms with van der Waals surface area (Å²) in [4.78, 5) is 0. The van der Waals surface area contributed by atoms with Gasteiger partial charge in [-0.15, -0.1) is 0 Å². The van der Waals surface area contributed by atoms with E-state index in [9.17, 15) is 5.11 Å². The van der Waals surface area contributed by atoms with Crippen molar-refractivity contribution in [2.75, 3.05) is 0 Å². The molecule has 0 fully saturated rings. The Labute approximate surface area is 216 Å². The zero-order chi connectivity index (χ0) is 25.2. The Morgan fingerprint density at radius 2 is 1.14 bits per heavy atom. The van der Waals surface area contributed by atoms with Crippen LogP contribution >= 0.6 is 0 Å². The molecular weight excluding hydrogens is 436 g/mol. The minimum Gasteiger partial charge on any atom is -0.508 e. The first-order chi connectivity index (χ1) is 17.3. The van der Waals surface area contributed by atoms with Gasteiger partial charge in [0.1, 0.15) is 5.75 Å². The van der Waals surface area contributed by atoms with Crippen LogP contribution in [-0.4, -0.2) is 5.11 Å². The number of rotatable bonds is 5. The van der Waals surface area contributed by atoms with Crippen LogP contribution in [0.5, 0.6) is 5.75 Å². The lowest BCUT2D eigenvalue weighted by molar-refractivity contribution is 0.458. The molecule has 0 aromatic heterocycles. The maximum absolute atomic E-state index is 9.79. The number of aromatic hydroxyl groups is 1. The molecule has 182 valence electrons. The van der Waals surface area contributed by atoms with E-state index >= 15 is 0 Å². The van der Waals surface area contributed by atoms with E-state index in [1.807, 2.05) is 12.1 Å². The van der Waals surface area contributed by atoms with Crippen LogP contribution in [0.25, 0.3) is 11.1 Å². The average Bonchev–Trinajstić information content (AvgIpc) is 2.90. The summed E-state index contributed by atoms with van der Waals surface area (Å²) in [7, 11) is 0. The van der Waals surface area contributed by atoms with Crippen molar-refractivity contribution in [3.05, 3.63) is 137 Å². The molecule has 4 aromatic carbocycles. The second-order valence-corrected chi connectivity index (χ2v) is 11.2. The fourth-order valence-electron chi connectivity index (χ4n) is 5.46. The highest BCUT2D eigenvalue weighted by atomic mass is 16.3. The van der Waals surface area contributed by atoms with Crippen molar-refractivity contribution in [2.24, 2.45) is 0 Å². The van der Waals surface area contributed by atoms with Crippen LogP contribution in [0.4, 0.5) is 0 Å². The summed E-state index contributed by atoms with van der Waals surface area (Å²) >= 11 is 0. The summed E-state index contributed by atoms with van der Waals surface area (Å²) in [5, 5.41) is 9.79. The van der Waals surface area contributed by atoms with Gasteiger partial charge in [0.15, 0.2) is 0 Å². The summed E-state index contributed by atoms with van der Waals surface area (Å²) in [5.74, 6) is 0.323. The molecule has 4 aromatic rings. The molecule has 0 heterocycles. The average molecular weight is 473 g/mol. The highest BCUT2D eigenvalue weighted by Gasteiger charge is 2.34. The minimum atomic E-state index is -0.0227. The topological polar surface area (TPSA) is 20.2 Å². The van der Waals surface area contributed by atoms with Crippen LogP contribution < -0.4 is 0 Å². The zero-order valence-electron chi connectivity index (χ0n) is 21.7. The Balaban J connectivity index is 1.32. The van der Waals surface area contributed by atoms with Gasteiger partial charge in [-0.25, -0.2) is 0 Å². The maximum atomic E-state index is 9.79. The molecule has 1 unspecified atom stereocenters. The van der Waals surface area contributed by atoms with Crippen molar-refractivity contribution in [3.8, 4) is 16.9 Å². The van der Waals surface area contributed by atoms with Crippen LogP contribution in [0.15, 0.2) is 109 Å². The molecular formula is C35H36O. The molecule has 0 bridgehead atoms. The fourth-order valence-corrected chi connectivity index (χ4v) is 5.46. The van der Waals surface area contributed by atoms with Crippen LogP contribution in [0.3, 0.4) is 0 Å². The fraction of sp³-hybridized carbons (Fsp3) is 0.257. The number of benzene rings is 4. The smallest absolute Gasteiger partial charge is 0.115 e. The van der Waals surface area contributed by atoms with E-state index in [1.54, 1.807) is 0 Å². The summed E-state index contributed by atoms with van der Waals surface area (Å²) in [6.07, 6.45) is 8.68. The molecule has 0 saturated heterocycles. The molecule has 0 radical (unpaired) electrons. The maximum Gasteiger partial charge on any atom is 0.115 e. The van der Waals surface area contributed by atoms with Gasteiger partial charge in [-0.3, -0.25) is 0 Å². The number of allylic oxidation sites excluding steroid dienone is 2. The van der Waals surface area contributed by atoms with E-state index in [-0.39, 0.29) is 10.8 Å². The SMILES string of the molecule is CC(C)(C)c1ccc(-c2ccc(Cc3ccc(C4(c5ccc(O)cc5)CC=CCC4)cc3)cc2)cc1. The molecule has 5 rings (SSSR count). The lowest BCUT2D eigenvalue weighted by atomic mass is 9.67. The highest BCUT2D eigenvalue weighted by Crippen LogP contribution is 2.43. The lowest BCUT2D eigenvalue weighted by Crippen LogP contribution is -2.28. The number of phenolic OH excluding ortho intramolecular Hbond substituents is 1. The standard InChI is InChI=1S/C35H36O/c1-34(2,3)30-17-13-29(14-18-30)28-11-7-26(8-12-28)25-27-9-15-31(16-10-27)35(23-5-4-6-24-35)32-19-21-33(36)22-20-32/h4-5,7-22,36H,6,23-25H2,1-3H3. The monoisotopic (exact) mass is 472 g/mol. The molecule has 1 atom stereocenters. The number of phenols is 1. The molecule has 0 spiro atoms. The van der Waals surface area contributed by atoms with Gasteiger partial charge in [0, 0.05) is 5.41 Å². The third-order valence-electron chi connectivity index (χ3n) is 7.74. The van der Waals surface area contributed by atoms with E-state index < -0.39 is 0 Å².